The first kappa shape index (κ1) is 15.3. The lowest BCUT2D eigenvalue weighted by Crippen LogP contribution is -2.50. The monoisotopic (exact) mass is 277 g/mol. The van der Waals surface area contributed by atoms with E-state index < -0.39 is 0 Å². The SMILES string of the molecule is COc1ccc(C(N)CC2CN(C)CCN2C)c(C)c1. The Morgan fingerprint density at radius 1 is 1.35 bits per heavy atom. The van der Waals surface area contributed by atoms with E-state index in [2.05, 4.69) is 43.0 Å². The molecule has 4 nitrogen and oxygen atoms in total. The van der Waals surface area contributed by atoms with Crippen molar-refractivity contribution in [3.63, 3.8) is 0 Å². The molecule has 1 aromatic rings. The fraction of sp³-hybridized carbons (Fsp3) is 0.625. The van der Waals surface area contributed by atoms with Crippen molar-refractivity contribution in [3.05, 3.63) is 29.3 Å². The van der Waals surface area contributed by atoms with Crippen LogP contribution < -0.4 is 10.5 Å². The minimum atomic E-state index is 0.0832. The Morgan fingerprint density at radius 3 is 2.75 bits per heavy atom. The van der Waals surface area contributed by atoms with E-state index in [9.17, 15) is 0 Å². The number of piperazine rings is 1. The Hall–Kier alpha value is -1.10. The third kappa shape index (κ3) is 3.51. The minimum absolute atomic E-state index is 0.0832. The first-order chi connectivity index (χ1) is 9.51. The average molecular weight is 277 g/mol. The summed E-state index contributed by atoms with van der Waals surface area (Å²) in [5.41, 5.74) is 8.88. The summed E-state index contributed by atoms with van der Waals surface area (Å²) in [5.74, 6) is 0.896. The molecule has 2 atom stereocenters. The molecule has 112 valence electrons. The van der Waals surface area contributed by atoms with Crippen LogP contribution in [0.4, 0.5) is 0 Å². The van der Waals surface area contributed by atoms with Gasteiger partial charge in [-0.3, -0.25) is 0 Å². The Morgan fingerprint density at radius 2 is 2.10 bits per heavy atom. The van der Waals surface area contributed by atoms with Crippen LogP contribution in [0.1, 0.15) is 23.6 Å². The molecule has 1 heterocycles. The highest BCUT2D eigenvalue weighted by Gasteiger charge is 2.25. The standard InChI is InChI=1S/C16H27N3O/c1-12-9-14(20-4)5-6-15(12)16(17)10-13-11-18(2)7-8-19(13)3/h5-6,9,13,16H,7-8,10-11,17H2,1-4H3. The van der Waals surface area contributed by atoms with Crippen molar-refractivity contribution in [1.82, 2.24) is 9.80 Å². The molecule has 2 rings (SSSR count). The summed E-state index contributed by atoms with van der Waals surface area (Å²) in [6.07, 6.45) is 0.994. The number of hydrogen-bond donors (Lipinski definition) is 1. The summed E-state index contributed by atoms with van der Waals surface area (Å²) in [6.45, 7) is 5.47. The fourth-order valence-electron chi connectivity index (χ4n) is 2.97. The van der Waals surface area contributed by atoms with Crippen molar-refractivity contribution in [3.8, 4) is 5.75 Å². The summed E-state index contributed by atoms with van der Waals surface area (Å²) >= 11 is 0. The Labute approximate surface area is 122 Å². The molecular formula is C16H27N3O. The van der Waals surface area contributed by atoms with Gasteiger partial charge >= 0.3 is 0 Å². The van der Waals surface area contributed by atoms with E-state index in [1.807, 2.05) is 6.07 Å². The normalized spacial score (nSPS) is 22.8. The van der Waals surface area contributed by atoms with E-state index in [0.717, 1.165) is 31.8 Å². The molecule has 0 radical (unpaired) electrons. The van der Waals surface area contributed by atoms with Crippen LogP contribution in [-0.4, -0.2) is 56.7 Å². The van der Waals surface area contributed by atoms with Crippen LogP contribution in [0.15, 0.2) is 18.2 Å². The van der Waals surface area contributed by atoms with Crippen LogP contribution in [-0.2, 0) is 0 Å². The molecule has 1 aromatic carbocycles. The number of ether oxygens (including phenoxy) is 1. The van der Waals surface area contributed by atoms with Crippen LogP contribution >= 0.6 is 0 Å². The van der Waals surface area contributed by atoms with Crippen molar-refractivity contribution in [1.29, 1.82) is 0 Å². The molecule has 4 heteroatoms. The number of aryl methyl sites for hydroxylation is 1. The Bertz CT molecular complexity index is 449. The minimum Gasteiger partial charge on any atom is -0.497 e. The molecule has 0 aromatic heterocycles. The maximum Gasteiger partial charge on any atom is 0.119 e. The number of nitrogens with zero attached hydrogens (tertiary/aromatic N) is 2. The third-order valence-electron chi connectivity index (χ3n) is 4.38. The summed E-state index contributed by atoms with van der Waals surface area (Å²) in [5, 5.41) is 0. The maximum atomic E-state index is 6.44. The van der Waals surface area contributed by atoms with Gasteiger partial charge in [0.2, 0.25) is 0 Å². The largest absolute Gasteiger partial charge is 0.497 e. The topological polar surface area (TPSA) is 41.7 Å². The summed E-state index contributed by atoms with van der Waals surface area (Å²) in [4.78, 5) is 4.82. The molecule has 1 aliphatic heterocycles. The smallest absolute Gasteiger partial charge is 0.119 e. The number of methoxy groups -OCH3 is 1. The number of benzene rings is 1. The second kappa shape index (κ2) is 6.57. The van der Waals surface area contributed by atoms with Crippen LogP contribution in [0.5, 0.6) is 5.75 Å². The van der Waals surface area contributed by atoms with Crippen LogP contribution in [0.3, 0.4) is 0 Å². The van der Waals surface area contributed by atoms with Gasteiger partial charge in [0, 0.05) is 31.7 Å². The highest BCUT2D eigenvalue weighted by Crippen LogP contribution is 2.25. The first-order valence-electron chi connectivity index (χ1n) is 7.30. The van der Waals surface area contributed by atoms with E-state index in [1.54, 1.807) is 7.11 Å². The second-order valence-corrected chi connectivity index (χ2v) is 5.96. The summed E-state index contributed by atoms with van der Waals surface area (Å²) < 4.78 is 5.26. The summed E-state index contributed by atoms with van der Waals surface area (Å²) in [7, 11) is 6.08. The van der Waals surface area contributed by atoms with Gasteiger partial charge in [0.15, 0.2) is 0 Å². The molecule has 1 saturated heterocycles. The van der Waals surface area contributed by atoms with E-state index in [4.69, 9.17) is 10.5 Å². The van der Waals surface area contributed by atoms with Crippen molar-refractivity contribution in [2.75, 3.05) is 40.8 Å². The van der Waals surface area contributed by atoms with Crippen LogP contribution in [0, 0.1) is 6.92 Å². The van der Waals surface area contributed by atoms with Crippen LogP contribution in [0.25, 0.3) is 0 Å². The highest BCUT2D eigenvalue weighted by atomic mass is 16.5. The van der Waals surface area contributed by atoms with Gasteiger partial charge in [-0.05, 0) is 50.7 Å². The molecule has 0 saturated carbocycles. The molecule has 2 N–H and O–H groups in total. The van der Waals surface area contributed by atoms with Gasteiger partial charge < -0.3 is 20.3 Å². The van der Waals surface area contributed by atoms with Gasteiger partial charge in [-0.2, -0.15) is 0 Å². The van der Waals surface area contributed by atoms with Gasteiger partial charge in [-0.1, -0.05) is 6.07 Å². The molecular weight excluding hydrogens is 250 g/mol. The van der Waals surface area contributed by atoms with Crippen molar-refractivity contribution >= 4 is 0 Å². The summed E-state index contributed by atoms with van der Waals surface area (Å²) in [6, 6.07) is 6.78. The quantitative estimate of drug-likeness (QED) is 0.908. The predicted molar refractivity (Wildman–Crippen MR) is 83.2 cm³/mol. The lowest BCUT2D eigenvalue weighted by molar-refractivity contribution is 0.104. The average Bonchev–Trinajstić information content (AvgIpc) is 2.42. The van der Waals surface area contributed by atoms with Gasteiger partial charge in [0.25, 0.3) is 0 Å². The van der Waals surface area contributed by atoms with E-state index >= 15 is 0 Å². The predicted octanol–water partition coefficient (Wildman–Crippen LogP) is 1.64. The lowest BCUT2D eigenvalue weighted by Gasteiger charge is -2.39. The lowest BCUT2D eigenvalue weighted by atomic mass is 9.94. The molecule has 1 aliphatic rings. The number of nitrogens with two attached hydrogens (primary N) is 1. The fourth-order valence-corrected chi connectivity index (χ4v) is 2.97. The third-order valence-corrected chi connectivity index (χ3v) is 4.38. The van der Waals surface area contributed by atoms with Crippen molar-refractivity contribution in [2.24, 2.45) is 5.73 Å². The zero-order chi connectivity index (χ0) is 14.7. The molecule has 1 fully saturated rings. The molecule has 0 bridgehead atoms. The van der Waals surface area contributed by atoms with Crippen molar-refractivity contribution in [2.45, 2.75) is 25.4 Å². The van der Waals surface area contributed by atoms with Gasteiger partial charge in [0.05, 0.1) is 7.11 Å². The van der Waals surface area contributed by atoms with E-state index in [0.29, 0.717) is 6.04 Å². The Balaban J connectivity index is 2.05. The zero-order valence-electron chi connectivity index (χ0n) is 13.1. The first-order valence-corrected chi connectivity index (χ1v) is 7.30. The molecule has 0 spiro atoms. The molecule has 20 heavy (non-hydrogen) atoms. The molecule has 0 aliphatic carbocycles. The van der Waals surface area contributed by atoms with Crippen LogP contribution in [0.2, 0.25) is 0 Å². The maximum absolute atomic E-state index is 6.44. The second-order valence-electron chi connectivity index (χ2n) is 5.96. The molecule has 2 unspecified atom stereocenters. The highest BCUT2D eigenvalue weighted by molar-refractivity contribution is 5.36. The van der Waals surface area contributed by atoms with Gasteiger partial charge in [0.1, 0.15) is 5.75 Å². The number of hydrogen-bond acceptors (Lipinski definition) is 4. The van der Waals surface area contributed by atoms with Gasteiger partial charge in [-0.15, -0.1) is 0 Å². The van der Waals surface area contributed by atoms with Crippen molar-refractivity contribution < 1.29 is 4.74 Å². The number of rotatable bonds is 4. The van der Waals surface area contributed by atoms with E-state index in [1.165, 1.54) is 11.1 Å². The Kier molecular flexibility index (Phi) is 5.02. The van der Waals surface area contributed by atoms with E-state index in [-0.39, 0.29) is 6.04 Å². The zero-order valence-corrected chi connectivity index (χ0v) is 13.1. The molecule has 0 amide bonds. The number of likely N-dealkylation sites (N-methyl/N-ethyl adjacent to an activating group) is 2. The van der Waals surface area contributed by atoms with Gasteiger partial charge in [-0.25, -0.2) is 0 Å².